The van der Waals surface area contributed by atoms with Crippen molar-refractivity contribution < 1.29 is 13.2 Å². The van der Waals surface area contributed by atoms with E-state index in [0.29, 0.717) is 17.3 Å². The van der Waals surface area contributed by atoms with Gasteiger partial charge in [-0.25, -0.2) is 8.42 Å². The molecule has 5 nitrogen and oxygen atoms in total. The largest absolute Gasteiger partial charge is 0.490 e. The summed E-state index contributed by atoms with van der Waals surface area (Å²) in [5, 5.41) is 0. The molecule has 0 amide bonds. The van der Waals surface area contributed by atoms with Gasteiger partial charge in [0.2, 0.25) is 10.0 Å². The van der Waals surface area contributed by atoms with Gasteiger partial charge in [0.05, 0.1) is 11.7 Å². The van der Waals surface area contributed by atoms with E-state index >= 15 is 0 Å². The molecule has 23 heavy (non-hydrogen) atoms. The highest BCUT2D eigenvalue weighted by molar-refractivity contribution is 7.99. The third-order valence-electron chi connectivity index (χ3n) is 4.16. The van der Waals surface area contributed by atoms with Crippen molar-refractivity contribution in [3.8, 4) is 5.75 Å². The average molecular weight is 354 g/mol. The molecule has 2 aliphatic rings. The minimum absolute atomic E-state index is 0.227. The van der Waals surface area contributed by atoms with Gasteiger partial charge in [0.1, 0.15) is 17.3 Å². The minimum atomic E-state index is -3.62. The van der Waals surface area contributed by atoms with Gasteiger partial charge >= 0.3 is 0 Å². The molecule has 0 bridgehead atoms. The maximum absolute atomic E-state index is 13.3. The Labute approximate surface area is 142 Å². The van der Waals surface area contributed by atoms with E-state index in [0.717, 1.165) is 30.3 Å². The van der Waals surface area contributed by atoms with Crippen LogP contribution in [0.1, 0.15) is 6.92 Å². The Morgan fingerprint density at radius 2 is 2.13 bits per heavy atom. The fraction of sp³-hybridized carbons (Fsp3) is 0.500. The molecule has 126 valence electrons. The number of anilines is 1. The Balaban J connectivity index is 2.13. The van der Waals surface area contributed by atoms with Crippen molar-refractivity contribution in [3.63, 3.8) is 0 Å². The van der Waals surface area contributed by atoms with Crippen LogP contribution >= 0.6 is 11.8 Å². The third-order valence-corrected chi connectivity index (χ3v) is 7.15. The van der Waals surface area contributed by atoms with Crippen molar-refractivity contribution in [1.82, 2.24) is 4.31 Å². The van der Waals surface area contributed by atoms with Gasteiger partial charge in [-0.2, -0.15) is 16.1 Å². The minimum Gasteiger partial charge on any atom is -0.490 e. The van der Waals surface area contributed by atoms with Crippen LogP contribution in [0.3, 0.4) is 0 Å². The highest BCUT2D eigenvalue weighted by Crippen LogP contribution is 2.39. The van der Waals surface area contributed by atoms with E-state index in [2.05, 4.69) is 11.5 Å². The van der Waals surface area contributed by atoms with Crippen molar-refractivity contribution >= 4 is 27.5 Å². The zero-order chi connectivity index (χ0) is 16.4. The first-order chi connectivity index (χ1) is 11.1. The molecule has 2 heterocycles. The molecule has 1 aromatic rings. The normalized spacial score (nSPS) is 24.4. The van der Waals surface area contributed by atoms with Crippen molar-refractivity contribution in [2.75, 3.05) is 42.6 Å². The molecule has 0 radical (unpaired) electrons. The smallest absolute Gasteiger partial charge is 0.249 e. The van der Waals surface area contributed by atoms with Crippen LogP contribution < -0.4 is 9.64 Å². The van der Waals surface area contributed by atoms with Crippen molar-refractivity contribution in [1.29, 1.82) is 0 Å². The molecule has 1 atom stereocenters. The zero-order valence-electron chi connectivity index (χ0n) is 13.3. The SMILES string of the molecule is C=CCN1[C@H](C)COc2cccc(N3CCSCC3)c2S1(=O)=O. The molecular weight excluding hydrogens is 332 g/mol. The summed E-state index contributed by atoms with van der Waals surface area (Å²) in [5.41, 5.74) is 0.756. The summed E-state index contributed by atoms with van der Waals surface area (Å²) in [5.74, 6) is 2.48. The summed E-state index contributed by atoms with van der Waals surface area (Å²) < 4.78 is 33.8. The highest BCUT2D eigenvalue weighted by Gasteiger charge is 2.37. The molecule has 0 saturated carbocycles. The number of fused-ring (bicyclic) bond motifs is 1. The molecule has 1 saturated heterocycles. The lowest BCUT2D eigenvalue weighted by Gasteiger charge is -2.31. The van der Waals surface area contributed by atoms with Crippen molar-refractivity contribution in [2.45, 2.75) is 17.9 Å². The number of hydrogen-bond acceptors (Lipinski definition) is 5. The van der Waals surface area contributed by atoms with E-state index in [1.165, 1.54) is 4.31 Å². The number of rotatable bonds is 3. The van der Waals surface area contributed by atoms with Crippen LogP contribution in [0, 0.1) is 0 Å². The monoisotopic (exact) mass is 354 g/mol. The number of sulfonamides is 1. The number of hydrogen-bond donors (Lipinski definition) is 0. The van der Waals surface area contributed by atoms with Crippen LogP contribution in [0.15, 0.2) is 35.7 Å². The average Bonchev–Trinajstić information content (AvgIpc) is 2.66. The summed E-state index contributed by atoms with van der Waals surface area (Å²) in [6, 6.07) is 5.28. The summed E-state index contributed by atoms with van der Waals surface area (Å²) in [6.07, 6.45) is 1.62. The van der Waals surface area contributed by atoms with Crippen molar-refractivity contribution in [2.24, 2.45) is 0 Å². The van der Waals surface area contributed by atoms with Gasteiger partial charge in [-0.1, -0.05) is 12.1 Å². The second-order valence-corrected chi connectivity index (χ2v) is 8.78. The van der Waals surface area contributed by atoms with Gasteiger partial charge in [-0.15, -0.1) is 6.58 Å². The Hall–Kier alpha value is -1.18. The lowest BCUT2D eigenvalue weighted by molar-refractivity contribution is 0.232. The summed E-state index contributed by atoms with van der Waals surface area (Å²) in [4.78, 5) is 2.45. The van der Waals surface area contributed by atoms with E-state index in [1.54, 1.807) is 12.1 Å². The molecule has 3 rings (SSSR count). The van der Waals surface area contributed by atoms with E-state index < -0.39 is 10.0 Å². The quantitative estimate of drug-likeness (QED) is 0.779. The fourth-order valence-electron chi connectivity index (χ4n) is 2.98. The Kier molecular flexibility index (Phi) is 4.89. The second-order valence-electron chi connectivity index (χ2n) is 5.73. The molecule has 7 heteroatoms. The summed E-state index contributed by atoms with van der Waals surface area (Å²) >= 11 is 1.90. The molecule has 0 unspecified atom stereocenters. The van der Waals surface area contributed by atoms with Gasteiger partial charge in [-0.3, -0.25) is 0 Å². The maximum Gasteiger partial charge on any atom is 0.249 e. The first-order valence-electron chi connectivity index (χ1n) is 7.77. The van der Waals surface area contributed by atoms with Gasteiger partial charge in [-0.05, 0) is 19.1 Å². The van der Waals surface area contributed by atoms with Gasteiger partial charge < -0.3 is 9.64 Å². The summed E-state index contributed by atoms with van der Waals surface area (Å²) in [6.45, 7) is 7.90. The maximum atomic E-state index is 13.3. The Morgan fingerprint density at radius 3 is 2.83 bits per heavy atom. The second kappa shape index (κ2) is 6.75. The first-order valence-corrected chi connectivity index (χ1v) is 10.4. The van der Waals surface area contributed by atoms with Crippen LogP contribution in [-0.4, -0.2) is 56.5 Å². The Bertz CT molecular complexity index is 685. The number of ether oxygens (including phenoxy) is 1. The fourth-order valence-corrected chi connectivity index (χ4v) is 5.80. The Morgan fingerprint density at radius 1 is 1.39 bits per heavy atom. The molecule has 0 aliphatic carbocycles. The first kappa shape index (κ1) is 16.7. The highest BCUT2D eigenvalue weighted by atomic mass is 32.2. The van der Waals surface area contributed by atoms with Crippen LogP contribution in [-0.2, 0) is 10.0 Å². The van der Waals surface area contributed by atoms with Crippen LogP contribution in [0.25, 0.3) is 0 Å². The molecule has 0 N–H and O–H groups in total. The van der Waals surface area contributed by atoms with E-state index in [9.17, 15) is 8.42 Å². The van der Waals surface area contributed by atoms with E-state index in [-0.39, 0.29) is 12.6 Å². The predicted octanol–water partition coefficient (Wildman–Crippen LogP) is 2.20. The molecular formula is C16H22N2O3S2. The molecule has 1 aromatic carbocycles. The van der Waals surface area contributed by atoms with Crippen LogP contribution in [0.4, 0.5) is 5.69 Å². The predicted molar refractivity (Wildman–Crippen MR) is 95.0 cm³/mol. The topological polar surface area (TPSA) is 49.9 Å². The number of benzene rings is 1. The lowest BCUT2D eigenvalue weighted by atomic mass is 10.2. The summed E-state index contributed by atoms with van der Waals surface area (Å²) in [7, 11) is -3.62. The van der Waals surface area contributed by atoms with Crippen LogP contribution in [0.2, 0.25) is 0 Å². The van der Waals surface area contributed by atoms with E-state index in [1.807, 2.05) is 30.8 Å². The number of nitrogens with zero attached hydrogens (tertiary/aromatic N) is 2. The lowest BCUT2D eigenvalue weighted by Crippen LogP contribution is -2.41. The third kappa shape index (κ3) is 3.09. The number of thioether (sulfide) groups is 1. The van der Waals surface area contributed by atoms with E-state index in [4.69, 9.17) is 4.74 Å². The zero-order valence-corrected chi connectivity index (χ0v) is 14.9. The molecule has 2 aliphatic heterocycles. The molecule has 0 spiro atoms. The standard InChI is InChI=1S/C16H22N2O3S2/c1-3-7-18-13(2)12-21-15-6-4-5-14(16(15)23(18,19)20)17-8-10-22-11-9-17/h3-6,13H,1,7-12H2,2H3/t13-/m1/s1. The van der Waals surface area contributed by atoms with Gasteiger partial charge in [0.25, 0.3) is 0 Å². The van der Waals surface area contributed by atoms with Crippen LogP contribution in [0.5, 0.6) is 5.75 Å². The molecule has 1 fully saturated rings. The van der Waals surface area contributed by atoms with Crippen molar-refractivity contribution in [3.05, 3.63) is 30.9 Å². The van der Waals surface area contributed by atoms with Gasteiger partial charge in [0, 0.05) is 31.1 Å². The van der Waals surface area contributed by atoms with Gasteiger partial charge in [0.15, 0.2) is 0 Å². The molecule has 0 aromatic heterocycles.